The van der Waals surface area contributed by atoms with Gasteiger partial charge in [-0.1, -0.05) is 6.07 Å². The smallest absolute Gasteiger partial charge is 0.225 e. The summed E-state index contributed by atoms with van der Waals surface area (Å²) in [4.78, 5) is 14.5. The number of benzene rings is 1. The van der Waals surface area contributed by atoms with E-state index >= 15 is 0 Å². The van der Waals surface area contributed by atoms with E-state index in [9.17, 15) is 13.2 Å². The van der Waals surface area contributed by atoms with E-state index in [1.54, 1.807) is 28.8 Å². The highest BCUT2D eigenvalue weighted by molar-refractivity contribution is 7.91. The van der Waals surface area contributed by atoms with E-state index < -0.39 is 9.84 Å². The van der Waals surface area contributed by atoms with E-state index in [0.717, 1.165) is 9.75 Å². The van der Waals surface area contributed by atoms with Gasteiger partial charge in [0, 0.05) is 27.5 Å². The van der Waals surface area contributed by atoms with Crippen molar-refractivity contribution in [3.63, 3.8) is 0 Å². The Morgan fingerprint density at radius 3 is 2.58 bits per heavy atom. The van der Waals surface area contributed by atoms with E-state index in [0.29, 0.717) is 17.9 Å². The van der Waals surface area contributed by atoms with Gasteiger partial charge in [0.05, 0.1) is 17.7 Å². The fourth-order valence-corrected chi connectivity index (χ4v) is 6.81. The summed E-state index contributed by atoms with van der Waals surface area (Å²) in [6.07, 6.45) is 0.329. The number of rotatable bonds is 4. The molecule has 0 radical (unpaired) electrons. The molecule has 0 unspecified atom stereocenters. The van der Waals surface area contributed by atoms with E-state index in [4.69, 9.17) is 4.74 Å². The molecule has 5 nitrogen and oxygen atoms in total. The Morgan fingerprint density at radius 1 is 1.15 bits per heavy atom. The van der Waals surface area contributed by atoms with Gasteiger partial charge >= 0.3 is 0 Å². The van der Waals surface area contributed by atoms with Crippen LogP contribution in [0.3, 0.4) is 0 Å². The largest absolute Gasteiger partial charge is 0.497 e. The molecule has 1 N–H and O–H groups in total. The number of nitrogens with one attached hydrogen (secondary N) is 1. The molecule has 1 aromatic carbocycles. The molecule has 1 aliphatic heterocycles. The lowest BCUT2D eigenvalue weighted by atomic mass is 9.97. The minimum absolute atomic E-state index is 0.0939. The van der Waals surface area contributed by atoms with Crippen LogP contribution >= 0.6 is 22.7 Å². The number of sulfone groups is 1. The summed E-state index contributed by atoms with van der Waals surface area (Å²) in [5.41, 5.74) is 0.417. The zero-order valence-electron chi connectivity index (χ0n) is 13.8. The lowest BCUT2D eigenvalue weighted by Crippen LogP contribution is -2.23. The van der Waals surface area contributed by atoms with Crippen LogP contribution in [0.1, 0.15) is 22.1 Å². The van der Waals surface area contributed by atoms with Crippen LogP contribution in [0.2, 0.25) is 0 Å². The van der Waals surface area contributed by atoms with Crippen molar-refractivity contribution >= 4 is 44.1 Å². The van der Waals surface area contributed by atoms with E-state index in [1.807, 2.05) is 17.5 Å². The van der Waals surface area contributed by atoms with Gasteiger partial charge in [0.1, 0.15) is 10.6 Å². The number of carbonyl (C=O) groups excluding carboxylic acids is 1. The second-order valence-corrected chi connectivity index (χ2v) is 9.65. The Morgan fingerprint density at radius 2 is 1.92 bits per heavy atom. The van der Waals surface area contributed by atoms with Gasteiger partial charge in [-0.25, -0.2) is 8.42 Å². The maximum absolute atomic E-state index is 13.1. The van der Waals surface area contributed by atoms with Crippen molar-refractivity contribution in [3.05, 3.63) is 56.9 Å². The summed E-state index contributed by atoms with van der Waals surface area (Å²) in [6, 6.07) is 10.2. The fourth-order valence-electron chi connectivity index (χ4n) is 3.00. The fraction of sp³-hybridized carbons (Fsp3) is 0.167. The van der Waals surface area contributed by atoms with Crippen LogP contribution in [0, 0.1) is 0 Å². The summed E-state index contributed by atoms with van der Waals surface area (Å²) < 4.78 is 31.3. The SMILES string of the molecule is COc1ccc(S(=O)(=O)c2csc3c2NC(=O)C[C@@H]3c2cccs2)cc1. The van der Waals surface area contributed by atoms with Crippen molar-refractivity contribution in [1.82, 2.24) is 0 Å². The van der Waals surface area contributed by atoms with Gasteiger partial charge in [0.25, 0.3) is 0 Å². The summed E-state index contributed by atoms with van der Waals surface area (Å²) in [7, 11) is -2.21. The third-order valence-electron chi connectivity index (χ3n) is 4.30. The molecular weight excluding hydrogens is 390 g/mol. The maximum atomic E-state index is 13.1. The summed E-state index contributed by atoms with van der Waals surface area (Å²) >= 11 is 2.95. The molecule has 3 heterocycles. The Kier molecular flexibility index (Phi) is 4.34. The van der Waals surface area contributed by atoms with Gasteiger partial charge in [-0.2, -0.15) is 0 Å². The van der Waals surface area contributed by atoms with Gasteiger partial charge < -0.3 is 10.1 Å². The van der Waals surface area contributed by atoms with Crippen LogP contribution in [0.4, 0.5) is 5.69 Å². The van der Waals surface area contributed by atoms with Crippen molar-refractivity contribution in [3.8, 4) is 5.75 Å². The number of amides is 1. The average Bonchev–Trinajstić information content (AvgIpc) is 3.31. The molecule has 134 valence electrons. The lowest BCUT2D eigenvalue weighted by Gasteiger charge is -2.22. The molecule has 0 spiro atoms. The topological polar surface area (TPSA) is 72.5 Å². The predicted octanol–water partition coefficient (Wildman–Crippen LogP) is 4.13. The molecule has 1 amide bonds. The standard InChI is InChI=1S/C18H15NO4S3/c1-23-11-4-6-12(7-5-11)26(21,22)15-10-25-18-13(14-3-2-8-24-14)9-16(20)19-17(15)18/h2-8,10,13H,9H2,1H3,(H,19,20)/t13-/m1/s1. The van der Waals surface area contributed by atoms with Gasteiger partial charge in [0.15, 0.2) is 0 Å². The molecule has 1 atom stereocenters. The zero-order valence-corrected chi connectivity index (χ0v) is 16.2. The van der Waals surface area contributed by atoms with Gasteiger partial charge in [-0.3, -0.25) is 4.79 Å². The van der Waals surface area contributed by atoms with Crippen molar-refractivity contribution in [2.45, 2.75) is 22.1 Å². The molecular formula is C18H15NO4S3. The second-order valence-electron chi connectivity index (χ2n) is 5.84. The first-order valence-corrected chi connectivity index (χ1v) is 11.1. The average molecular weight is 406 g/mol. The molecule has 3 aromatic rings. The normalized spacial score (nSPS) is 16.8. The van der Waals surface area contributed by atoms with Crippen LogP contribution in [0.5, 0.6) is 5.75 Å². The molecule has 1 aliphatic rings. The first kappa shape index (κ1) is 17.3. The number of ether oxygens (including phenoxy) is 1. The van der Waals surface area contributed by atoms with Crippen molar-refractivity contribution < 1.29 is 17.9 Å². The maximum Gasteiger partial charge on any atom is 0.225 e. The minimum Gasteiger partial charge on any atom is -0.497 e. The monoisotopic (exact) mass is 405 g/mol. The third-order valence-corrected chi connectivity index (χ3v) is 8.33. The first-order valence-electron chi connectivity index (χ1n) is 7.84. The second kappa shape index (κ2) is 6.53. The Bertz CT molecular complexity index is 1050. The highest BCUT2D eigenvalue weighted by Crippen LogP contribution is 2.46. The predicted molar refractivity (Wildman–Crippen MR) is 102 cm³/mol. The van der Waals surface area contributed by atoms with Gasteiger partial charge in [-0.05, 0) is 35.7 Å². The van der Waals surface area contributed by atoms with E-state index in [-0.39, 0.29) is 21.6 Å². The van der Waals surface area contributed by atoms with Gasteiger partial charge in [0.2, 0.25) is 15.7 Å². The minimum atomic E-state index is -3.73. The highest BCUT2D eigenvalue weighted by atomic mass is 32.2. The summed E-state index contributed by atoms with van der Waals surface area (Å²) in [6.45, 7) is 0. The number of hydrogen-bond donors (Lipinski definition) is 1. The number of carbonyl (C=O) groups is 1. The molecule has 0 saturated heterocycles. The number of methoxy groups -OCH3 is 1. The van der Waals surface area contributed by atoms with Crippen LogP contribution in [0.25, 0.3) is 0 Å². The summed E-state index contributed by atoms with van der Waals surface area (Å²) in [5, 5.41) is 6.35. The van der Waals surface area contributed by atoms with Crippen LogP contribution in [-0.2, 0) is 14.6 Å². The van der Waals surface area contributed by atoms with Crippen LogP contribution in [0.15, 0.2) is 56.9 Å². The Balaban J connectivity index is 1.80. The molecule has 2 aromatic heterocycles. The van der Waals surface area contributed by atoms with Crippen LogP contribution < -0.4 is 10.1 Å². The number of fused-ring (bicyclic) bond motifs is 1. The lowest BCUT2D eigenvalue weighted by molar-refractivity contribution is -0.116. The molecule has 4 rings (SSSR count). The third kappa shape index (κ3) is 2.84. The highest BCUT2D eigenvalue weighted by Gasteiger charge is 2.34. The quantitative estimate of drug-likeness (QED) is 0.709. The molecule has 0 fully saturated rings. The van der Waals surface area contributed by atoms with Gasteiger partial charge in [-0.15, -0.1) is 22.7 Å². The zero-order chi connectivity index (χ0) is 18.3. The molecule has 0 aliphatic carbocycles. The molecule has 26 heavy (non-hydrogen) atoms. The number of anilines is 1. The van der Waals surface area contributed by atoms with E-state index in [2.05, 4.69) is 5.32 Å². The Labute approximate surface area is 159 Å². The van der Waals surface area contributed by atoms with Crippen molar-refractivity contribution in [2.24, 2.45) is 0 Å². The molecule has 8 heteroatoms. The van der Waals surface area contributed by atoms with Crippen molar-refractivity contribution in [1.29, 1.82) is 0 Å². The molecule has 0 saturated carbocycles. The summed E-state index contributed by atoms with van der Waals surface area (Å²) in [5.74, 6) is 0.325. The number of hydrogen-bond acceptors (Lipinski definition) is 6. The number of thiophene rings is 2. The first-order chi connectivity index (χ1) is 12.5. The van der Waals surface area contributed by atoms with Crippen molar-refractivity contribution in [2.75, 3.05) is 12.4 Å². The Hall–Kier alpha value is -2.16. The van der Waals surface area contributed by atoms with Crippen LogP contribution in [-0.4, -0.2) is 21.4 Å². The van der Waals surface area contributed by atoms with E-state index in [1.165, 1.54) is 30.6 Å². The molecule has 0 bridgehead atoms.